The normalized spacial score (nSPS) is 19.4. The molecular formula is C25H28FN3O3. The van der Waals surface area contributed by atoms with Gasteiger partial charge in [0.1, 0.15) is 5.82 Å². The second kappa shape index (κ2) is 9.51. The van der Waals surface area contributed by atoms with Crippen molar-refractivity contribution in [2.45, 2.75) is 32.9 Å². The van der Waals surface area contributed by atoms with Crippen molar-refractivity contribution in [3.05, 3.63) is 71.0 Å². The molecule has 6 nitrogen and oxygen atoms in total. The molecule has 2 saturated heterocycles. The van der Waals surface area contributed by atoms with Gasteiger partial charge in [-0.2, -0.15) is 0 Å². The van der Waals surface area contributed by atoms with Gasteiger partial charge in [0.15, 0.2) is 0 Å². The van der Waals surface area contributed by atoms with Crippen LogP contribution in [0.4, 0.5) is 4.39 Å². The van der Waals surface area contributed by atoms with Gasteiger partial charge in [-0.25, -0.2) is 4.39 Å². The zero-order valence-electron chi connectivity index (χ0n) is 18.3. The van der Waals surface area contributed by atoms with Gasteiger partial charge in [0.05, 0.1) is 0 Å². The topological polar surface area (TPSA) is 60.9 Å². The summed E-state index contributed by atoms with van der Waals surface area (Å²) in [5, 5.41) is 0. The number of hydrogen-bond acceptors (Lipinski definition) is 3. The molecule has 2 heterocycles. The van der Waals surface area contributed by atoms with E-state index in [0.717, 1.165) is 37.1 Å². The van der Waals surface area contributed by atoms with Crippen LogP contribution in [0.25, 0.3) is 0 Å². The predicted molar refractivity (Wildman–Crippen MR) is 118 cm³/mol. The Hall–Kier alpha value is -3.22. The van der Waals surface area contributed by atoms with E-state index in [0.29, 0.717) is 31.1 Å². The molecular weight excluding hydrogens is 409 g/mol. The summed E-state index contributed by atoms with van der Waals surface area (Å²) in [7, 11) is 0. The Labute approximate surface area is 187 Å². The van der Waals surface area contributed by atoms with Gasteiger partial charge in [-0.05, 0) is 54.2 Å². The number of amides is 3. The number of piperidine rings is 1. The third-order valence-corrected chi connectivity index (χ3v) is 6.20. The van der Waals surface area contributed by atoms with Crippen molar-refractivity contribution in [1.29, 1.82) is 0 Å². The zero-order chi connectivity index (χ0) is 22.7. The number of benzene rings is 2. The minimum Gasteiger partial charge on any atom is -0.338 e. The summed E-state index contributed by atoms with van der Waals surface area (Å²) in [5.41, 5.74) is 2.31. The van der Waals surface area contributed by atoms with Gasteiger partial charge in [-0.3, -0.25) is 14.4 Å². The van der Waals surface area contributed by atoms with E-state index in [1.807, 2.05) is 17.0 Å². The van der Waals surface area contributed by atoms with Gasteiger partial charge in [-0.15, -0.1) is 0 Å². The quantitative estimate of drug-likeness (QED) is 0.676. The first-order chi connectivity index (χ1) is 15.4. The standard InChI is InChI=1S/C25H28FN3O3/c1-18-3-2-12-27(15-18)23(30)21-8-4-19(5-9-21)16-28-13-14-29(25(32)24(28)31)17-20-6-10-22(26)11-7-20/h4-11,18H,2-3,12-17H2,1H3/t18-/m0/s1. The summed E-state index contributed by atoms with van der Waals surface area (Å²) >= 11 is 0. The number of nitrogens with zero attached hydrogens (tertiary/aromatic N) is 3. The summed E-state index contributed by atoms with van der Waals surface area (Å²) in [4.78, 5) is 42.8. The van der Waals surface area contributed by atoms with Crippen LogP contribution in [0.15, 0.2) is 48.5 Å². The SMILES string of the molecule is C[C@H]1CCCN(C(=O)c2ccc(CN3CCN(Cc4ccc(F)cc4)C(=O)C3=O)cc2)C1. The molecule has 0 aliphatic carbocycles. The molecule has 2 aromatic carbocycles. The lowest BCUT2D eigenvalue weighted by atomic mass is 9.99. The average molecular weight is 438 g/mol. The van der Waals surface area contributed by atoms with Crippen molar-refractivity contribution < 1.29 is 18.8 Å². The van der Waals surface area contributed by atoms with Gasteiger partial charge < -0.3 is 14.7 Å². The third kappa shape index (κ3) is 4.98. The molecule has 0 unspecified atom stereocenters. The van der Waals surface area contributed by atoms with Crippen LogP contribution in [0.3, 0.4) is 0 Å². The largest absolute Gasteiger partial charge is 0.338 e. The first-order valence-corrected chi connectivity index (χ1v) is 11.1. The van der Waals surface area contributed by atoms with Crippen molar-refractivity contribution in [2.75, 3.05) is 26.2 Å². The molecule has 0 N–H and O–H groups in total. The maximum Gasteiger partial charge on any atom is 0.312 e. The summed E-state index contributed by atoms with van der Waals surface area (Å²) in [6.45, 7) is 5.21. The van der Waals surface area contributed by atoms with Gasteiger partial charge >= 0.3 is 11.8 Å². The van der Waals surface area contributed by atoms with E-state index in [1.165, 1.54) is 21.9 Å². The second-order valence-electron chi connectivity index (χ2n) is 8.78. The summed E-state index contributed by atoms with van der Waals surface area (Å²) < 4.78 is 13.1. The van der Waals surface area contributed by atoms with E-state index < -0.39 is 11.8 Å². The average Bonchev–Trinajstić information content (AvgIpc) is 2.80. The highest BCUT2D eigenvalue weighted by molar-refractivity contribution is 6.35. The van der Waals surface area contributed by atoms with Crippen LogP contribution in [0, 0.1) is 11.7 Å². The Balaban J connectivity index is 1.34. The van der Waals surface area contributed by atoms with Crippen LogP contribution in [-0.4, -0.2) is 58.6 Å². The first-order valence-electron chi connectivity index (χ1n) is 11.1. The number of rotatable bonds is 5. The molecule has 0 aromatic heterocycles. The molecule has 168 valence electrons. The number of carbonyl (C=O) groups is 3. The van der Waals surface area contributed by atoms with Crippen molar-refractivity contribution in [3.8, 4) is 0 Å². The molecule has 2 fully saturated rings. The van der Waals surface area contributed by atoms with Crippen molar-refractivity contribution in [2.24, 2.45) is 5.92 Å². The lowest BCUT2D eigenvalue weighted by Gasteiger charge is -2.34. The Bertz CT molecular complexity index is 990. The number of piperazine rings is 1. The molecule has 0 spiro atoms. The van der Waals surface area contributed by atoms with Crippen LogP contribution in [0.1, 0.15) is 41.3 Å². The first kappa shape index (κ1) is 22.0. The van der Waals surface area contributed by atoms with Crippen LogP contribution in [-0.2, 0) is 22.7 Å². The second-order valence-corrected chi connectivity index (χ2v) is 8.78. The lowest BCUT2D eigenvalue weighted by Crippen LogP contribution is -2.53. The van der Waals surface area contributed by atoms with E-state index in [4.69, 9.17) is 0 Å². The Morgan fingerprint density at radius 1 is 0.875 bits per heavy atom. The highest BCUT2D eigenvalue weighted by Crippen LogP contribution is 2.19. The molecule has 2 aromatic rings. The number of hydrogen-bond donors (Lipinski definition) is 0. The fourth-order valence-corrected chi connectivity index (χ4v) is 4.36. The fraction of sp³-hybridized carbons (Fsp3) is 0.400. The van der Waals surface area contributed by atoms with Crippen molar-refractivity contribution >= 4 is 17.7 Å². The van der Waals surface area contributed by atoms with Crippen molar-refractivity contribution in [3.63, 3.8) is 0 Å². The van der Waals surface area contributed by atoms with Crippen LogP contribution >= 0.6 is 0 Å². The zero-order valence-corrected chi connectivity index (χ0v) is 18.3. The Morgan fingerprint density at radius 2 is 1.41 bits per heavy atom. The van der Waals surface area contributed by atoms with E-state index in [-0.39, 0.29) is 18.3 Å². The summed E-state index contributed by atoms with van der Waals surface area (Å²) in [6.07, 6.45) is 2.20. The van der Waals surface area contributed by atoms with Crippen LogP contribution in [0.5, 0.6) is 0 Å². The minimum atomic E-state index is -0.549. The van der Waals surface area contributed by atoms with E-state index >= 15 is 0 Å². The predicted octanol–water partition coefficient (Wildman–Crippen LogP) is 3.07. The highest BCUT2D eigenvalue weighted by atomic mass is 19.1. The van der Waals surface area contributed by atoms with Gasteiger partial charge in [0.2, 0.25) is 0 Å². The van der Waals surface area contributed by atoms with Gasteiger partial charge in [0, 0.05) is 44.8 Å². The van der Waals surface area contributed by atoms with E-state index in [2.05, 4.69) is 6.92 Å². The molecule has 0 saturated carbocycles. The molecule has 0 radical (unpaired) electrons. The van der Waals surface area contributed by atoms with Crippen molar-refractivity contribution in [1.82, 2.24) is 14.7 Å². The number of carbonyl (C=O) groups excluding carboxylic acids is 3. The molecule has 4 rings (SSSR count). The minimum absolute atomic E-state index is 0.0451. The van der Waals surface area contributed by atoms with Gasteiger partial charge in [-0.1, -0.05) is 31.2 Å². The smallest absolute Gasteiger partial charge is 0.312 e. The highest BCUT2D eigenvalue weighted by Gasteiger charge is 2.32. The van der Waals surface area contributed by atoms with Crippen LogP contribution in [0.2, 0.25) is 0 Å². The fourth-order valence-electron chi connectivity index (χ4n) is 4.36. The molecule has 1 atom stereocenters. The maximum absolute atomic E-state index is 13.1. The molecule has 32 heavy (non-hydrogen) atoms. The van der Waals surface area contributed by atoms with Gasteiger partial charge in [0.25, 0.3) is 5.91 Å². The molecule has 7 heteroatoms. The lowest BCUT2D eigenvalue weighted by molar-refractivity contribution is -0.156. The Kier molecular flexibility index (Phi) is 6.53. The molecule has 2 aliphatic heterocycles. The Morgan fingerprint density at radius 3 is 1.94 bits per heavy atom. The monoisotopic (exact) mass is 437 g/mol. The summed E-state index contributed by atoms with van der Waals surface area (Å²) in [6, 6.07) is 13.2. The third-order valence-electron chi connectivity index (χ3n) is 6.20. The molecule has 3 amide bonds. The van der Waals surface area contributed by atoms with E-state index in [9.17, 15) is 18.8 Å². The van der Waals surface area contributed by atoms with E-state index in [1.54, 1.807) is 24.3 Å². The van der Waals surface area contributed by atoms with Crippen LogP contribution < -0.4 is 0 Å². The number of likely N-dealkylation sites (tertiary alicyclic amines) is 1. The molecule has 0 bridgehead atoms. The number of halogens is 1. The molecule has 2 aliphatic rings. The summed E-state index contributed by atoms with van der Waals surface area (Å²) in [5.74, 6) is -0.854. The maximum atomic E-state index is 13.1.